The van der Waals surface area contributed by atoms with Crippen LogP contribution in [0.4, 0.5) is 5.69 Å². The number of benzene rings is 2. The molecule has 0 radical (unpaired) electrons. The molecule has 0 amide bonds. The first-order valence-electron chi connectivity index (χ1n) is 7.03. The number of aryl methyl sites for hydroxylation is 3. The van der Waals surface area contributed by atoms with E-state index in [9.17, 15) is 13.2 Å². The van der Waals surface area contributed by atoms with Crippen molar-refractivity contribution in [3.05, 3.63) is 58.7 Å². The molecule has 2 aromatic rings. The van der Waals surface area contributed by atoms with Gasteiger partial charge in [-0.15, -0.1) is 0 Å². The minimum absolute atomic E-state index is 0.223. The highest BCUT2D eigenvalue weighted by atomic mass is 32.2. The molecule has 23 heavy (non-hydrogen) atoms. The monoisotopic (exact) mass is 333 g/mol. The summed E-state index contributed by atoms with van der Waals surface area (Å²) in [6.45, 7) is 5.34. The van der Waals surface area contributed by atoms with Gasteiger partial charge in [-0.05, 0) is 55.7 Å². The average Bonchev–Trinajstić information content (AvgIpc) is 2.50. The summed E-state index contributed by atoms with van der Waals surface area (Å²) in [6.07, 6.45) is 0. The third kappa shape index (κ3) is 3.71. The lowest BCUT2D eigenvalue weighted by molar-refractivity contribution is 0.0601. The smallest absolute Gasteiger partial charge is 0.337 e. The molecular weight excluding hydrogens is 314 g/mol. The molecular formula is C17H19NO4S. The van der Waals surface area contributed by atoms with E-state index in [2.05, 4.69) is 9.46 Å². The lowest BCUT2D eigenvalue weighted by Crippen LogP contribution is -2.16. The molecule has 0 spiro atoms. The lowest BCUT2D eigenvalue weighted by atomic mass is 10.1. The van der Waals surface area contributed by atoms with Crippen molar-refractivity contribution in [1.29, 1.82) is 0 Å². The van der Waals surface area contributed by atoms with Crippen molar-refractivity contribution >= 4 is 21.7 Å². The van der Waals surface area contributed by atoms with Crippen LogP contribution in [-0.2, 0) is 14.8 Å². The Labute approximate surface area is 136 Å². The van der Waals surface area contributed by atoms with Crippen molar-refractivity contribution in [1.82, 2.24) is 0 Å². The van der Waals surface area contributed by atoms with Gasteiger partial charge in [0.05, 0.1) is 23.3 Å². The van der Waals surface area contributed by atoms with Crippen LogP contribution >= 0.6 is 0 Å². The van der Waals surface area contributed by atoms with Crippen LogP contribution in [0.15, 0.2) is 41.3 Å². The Hall–Kier alpha value is -2.34. The van der Waals surface area contributed by atoms with Crippen LogP contribution in [0.5, 0.6) is 0 Å². The van der Waals surface area contributed by atoms with Crippen molar-refractivity contribution in [3.63, 3.8) is 0 Å². The first kappa shape index (κ1) is 17.0. The van der Waals surface area contributed by atoms with Gasteiger partial charge in [-0.2, -0.15) is 0 Å². The van der Waals surface area contributed by atoms with E-state index in [4.69, 9.17) is 0 Å². The normalized spacial score (nSPS) is 11.1. The predicted molar refractivity (Wildman–Crippen MR) is 89.2 cm³/mol. The van der Waals surface area contributed by atoms with Gasteiger partial charge in [0.2, 0.25) is 0 Å². The zero-order valence-electron chi connectivity index (χ0n) is 13.5. The molecule has 5 nitrogen and oxygen atoms in total. The second-order valence-corrected chi connectivity index (χ2v) is 7.05. The van der Waals surface area contributed by atoms with Gasteiger partial charge in [-0.1, -0.05) is 18.2 Å². The number of esters is 1. The molecule has 1 N–H and O–H groups in total. The van der Waals surface area contributed by atoms with E-state index < -0.39 is 16.0 Å². The van der Waals surface area contributed by atoms with Crippen LogP contribution in [0.25, 0.3) is 0 Å². The number of hydrogen-bond acceptors (Lipinski definition) is 4. The molecule has 0 heterocycles. The Kier molecular flexibility index (Phi) is 4.75. The maximum absolute atomic E-state index is 12.7. The third-order valence-corrected chi connectivity index (χ3v) is 5.04. The summed E-state index contributed by atoms with van der Waals surface area (Å²) in [5, 5.41) is 0. The van der Waals surface area contributed by atoms with Gasteiger partial charge in [0.15, 0.2) is 0 Å². The Bertz CT molecular complexity index is 857. The molecule has 2 rings (SSSR count). The van der Waals surface area contributed by atoms with Crippen molar-refractivity contribution in [2.75, 3.05) is 11.8 Å². The van der Waals surface area contributed by atoms with Crippen LogP contribution in [0.3, 0.4) is 0 Å². The number of nitrogens with one attached hydrogen (secondary N) is 1. The lowest BCUT2D eigenvalue weighted by Gasteiger charge is -2.13. The van der Waals surface area contributed by atoms with Crippen LogP contribution in [0, 0.1) is 20.8 Å². The molecule has 0 saturated carbocycles. The molecule has 0 bridgehead atoms. The molecule has 6 heteroatoms. The van der Waals surface area contributed by atoms with Crippen LogP contribution in [0.2, 0.25) is 0 Å². The predicted octanol–water partition coefficient (Wildman–Crippen LogP) is 3.20. The Morgan fingerprint density at radius 1 is 1.00 bits per heavy atom. The van der Waals surface area contributed by atoms with Crippen molar-refractivity contribution < 1.29 is 17.9 Å². The van der Waals surface area contributed by atoms with Gasteiger partial charge in [0, 0.05) is 0 Å². The van der Waals surface area contributed by atoms with Gasteiger partial charge < -0.3 is 4.74 Å². The molecule has 0 aliphatic rings. The number of sulfonamides is 1. The fourth-order valence-electron chi connectivity index (χ4n) is 2.17. The van der Waals surface area contributed by atoms with E-state index in [-0.39, 0.29) is 10.5 Å². The molecule has 0 unspecified atom stereocenters. The second kappa shape index (κ2) is 6.42. The quantitative estimate of drug-likeness (QED) is 0.872. The highest BCUT2D eigenvalue weighted by Gasteiger charge is 2.19. The van der Waals surface area contributed by atoms with E-state index in [0.29, 0.717) is 16.8 Å². The van der Waals surface area contributed by atoms with Crippen LogP contribution in [-0.4, -0.2) is 21.5 Å². The summed E-state index contributed by atoms with van der Waals surface area (Å²) in [5.74, 6) is -0.516. The molecule has 0 atom stereocenters. The standard InChI is InChI=1S/C17H19NO4S/c1-11-5-6-13(3)16(9-11)23(20,21)18-15-10-14(17(19)22-4)8-7-12(15)2/h5-10,18H,1-4H3. The molecule has 2 aromatic carbocycles. The summed E-state index contributed by atoms with van der Waals surface area (Å²) < 4.78 is 32.5. The van der Waals surface area contributed by atoms with Gasteiger partial charge in [-0.3, -0.25) is 4.72 Å². The van der Waals surface area contributed by atoms with Gasteiger partial charge in [0.25, 0.3) is 10.0 Å². The Balaban J connectivity index is 2.45. The van der Waals surface area contributed by atoms with Crippen molar-refractivity contribution in [2.24, 2.45) is 0 Å². The highest BCUT2D eigenvalue weighted by Crippen LogP contribution is 2.24. The fraction of sp³-hybridized carbons (Fsp3) is 0.235. The maximum atomic E-state index is 12.7. The molecule has 0 aliphatic carbocycles. The van der Waals surface area contributed by atoms with E-state index in [0.717, 1.165) is 5.56 Å². The fourth-order valence-corrected chi connectivity index (χ4v) is 3.63. The number of methoxy groups -OCH3 is 1. The second-order valence-electron chi connectivity index (χ2n) is 5.40. The summed E-state index contributed by atoms with van der Waals surface area (Å²) in [4.78, 5) is 11.8. The Morgan fingerprint density at radius 3 is 2.30 bits per heavy atom. The van der Waals surface area contributed by atoms with Gasteiger partial charge >= 0.3 is 5.97 Å². The number of anilines is 1. The molecule has 122 valence electrons. The average molecular weight is 333 g/mol. The van der Waals surface area contributed by atoms with Gasteiger partial charge in [0.1, 0.15) is 0 Å². The maximum Gasteiger partial charge on any atom is 0.337 e. The number of rotatable bonds is 4. The summed E-state index contributed by atoms with van der Waals surface area (Å²) >= 11 is 0. The number of ether oxygens (including phenoxy) is 1. The molecule has 0 saturated heterocycles. The first-order valence-corrected chi connectivity index (χ1v) is 8.52. The molecule has 0 fully saturated rings. The number of hydrogen-bond donors (Lipinski definition) is 1. The third-order valence-electron chi connectivity index (χ3n) is 3.54. The molecule has 0 aromatic heterocycles. The number of carbonyl (C=O) groups is 1. The Morgan fingerprint density at radius 2 is 1.65 bits per heavy atom. The van der Waals surface area contributed by atoms with E-state index in [1.807, 2.05) is 13.0 Å². The zero-order chi connectivity index (χ0) is 17.2. The molecule has 0 aliphatic heterocycles. The SMILES string of the molecule is COC(=O)c1ccc(C)c(NS(=O)(=O)c2cc(C)ccc2C)c1. The van der Waals surface area contributed by atoms with E-state index >= 15 is 0 Å². The summed E-state index contributed by atoms with van der Waals surface area (Å²) in [7, 11) is -2.46. The van der Waals surface area contributed by atoms with Crippen LogP contribution in [0.1, 0.15) is 27.0 Å². The summed E-state index contributed by atoms with van der Waals surface area (Å²) in [5.41, 5.74) is 2.87. The topological polar surface area (TPSA) is 72.5 Å². The minimum Gasteiger partial charge on any atom is -0.465 e. The largest absolute Gasteiger partial charge is 0.465 e. The van der Waals surface area contributed by atoms with E-state index in [1.165, 1.54) is 13.2 Å². The number of carbonyl (C=O) groups excluding carboxylic acids is 1. The highest BCUT2D eigenvalue weighted by molar-refractivity contribution is 7.92. The zero-order valence-corrected chi connectivity index (χ0v) is 14.3. The van der Waals surface area contributed by atoms with E-state index in [1.54, 1.807) is 38.1 Å². The van der Waals surface area contributed by atoms with Gasteiger partial charge in [-0.25, -0.2) is 13.2 Å². The van der Waals surface area contributed by atoms with Crippen LogP contribution < -0.4 is 4.72 Å². The minimum atomic E-state index is -3.74. The summed E-state index contributed by atoms with van der Waals surface area (Å²) in [6, 6.07) is 9.99. The first-order chi connectivity index (χ1) is 10.7. The van der Waals surface area contributed by atoms with Crippen molar-refractivity contribution in [2.45, 2.75) is 25.7 Å². The van der Waals surface area contributed by atoms with Crippen molar-refractivity contribution in [3.8, 4) is 0 Å².